The third kappa shape index (κ3) is 4.17. The lowest BCUT2D eigenvalue weighted by Gasteiger charge is -2.34. The van der Waals surface area contributed by atoms with Gasteiger partial charge in [-0.2, -0.15) is 0 Å². The molecule has 3 rings (SSSR count). The van der Waals surface area contributed by atoms with Crippen molar-refractivity contribution in [2.45, 2.75) is 38.0 Å². The van der Waals surface area contributed by atoms with E-state index in [4.69, 9.17) is 4.74 Å². The van der Waals surface area contributed by atoms with Gasteiger partial charge in [0, 0.05) is 32.1 Å². The Labute approximate surface area is 154 Å². The molecule has 0 unspecified atom stereocenters. The summed E-state index contributed by atoms with van der Waals surface area (Å²) in [6.45, 7) is 4.67. The van der Waals surface area contributed by atoms with Gasteiger partial charge < -0.3 is 15.0 Å². The highest BCUT2D eigenvalue weighted by Gasteiger charge is 2.44. The number of piperidine rings is 1. The molecule has 0 bridgehead atoms. The minimum Gasteiger partial charge on any atom is -0.466 e. The zero-order valence-electron chi connectivity index (χ0n) is 15.6. The smallest absolute Gasteiger partial charge is 0.309 e. The highest BCUT2D eigenvalue weighted by Crippen LogP contribution is 2.47. The summed E-state index contributed by atoms with van der Waals surface area (Å²) in [5.74, 6) is 0.597. The number of guanidine groups is 1. The first kappa shape index (κ1) is 18.7. The van der Waals surface area contributed by atoms with Crippen molar-refractivity contribution >= 4 is 11.9 Å². The van der Waals surface area contributed by atoms with E-state index in [1.54, 1.807) is 7.05 Å². The van der Waals surface area contributed by atoms with Gasteiger partial charge in [0.25, 0.3) is 0 Å². The molecule has 1 aliphatic heterocycles. The van der Waals surface area contributed by atoms with Gasteiger partial charge in [-0.05, 0) is 50.3 Å². The molecule has 2 fully saturated rings. The first-order valence-corrected chi connectivity index (χ1v) is 9.46. The number of ether oxygens (including phenoxy) is 1. The largest absolute Gasteiger partial charge is 0.466 e. The molecule has 0 radical (unpaired) electrons. The molecular weight excluding hydrogens is 333 g/mol. The van der Waals surface area contributed by atoms with Gasteiger partial charge in [-0.25, -0.2) is 4.39 Å². The Bertz CT molecular complexity index is 648. The van der Waals surface area contributed by atoms with Crippen molar-refractivity contribution in [2.24, 2.45) is 10.9 Å². The fourth-order valence-corrected chi connectivity index (χ4v) is 3.69. The predicted octanol–water partition coefficient (Wildman–Crippen LogP) is 2.71. The molecule has 1 heterocycles. The summed E-state index contributed by atoms with van der Waals surface area (Å²) in [7, 11) is 1.79. The van der Waals surface area contributed by atoms with Gasteiger partial charge in [0.15, 0.2) is 5.96 Å². The van der Waals surface area contributed by atoms with Crippen LogP contribution in [0, 0.1) is 11.7 Å². The number of esters is 1. The second-order valence-electron chi connectivity index (χ2n) is 7.20. The number of hydrogen-bond donors (Lipinski definition) is 1. The Kier molecular flexibility index (Phi) is 5.79. The molecule has 142 valence electrons. The third-order valence-electron chi connectivity index (χ3n) is 5.52. The number of nitrogens with one attached hydrogen (secondary N) is 1. The molecule has 6 heteroatoms. The van der Waals surface area contributed by atoms with Crippen molar-refractivity contribution < 1.29 is 13.9 Å². The number of nitrogens with zero attached hydrogens (tertiary/aromatic N) is 2. The summed E-state index contributed by atoms with van der Waals surface area (Å²) < 4.78 is 18.3. The van der Waals surface area contributed by atoms with Crippen LogP contribution in [-0.4, -0.2) is 50.1 Å². The maximum absolute atomic E-state index is 13.2. The minimum atomic E-state index is -0.196. The SMILES string of the molecule is CCOC(=O)C1CCN(C(=NC)NCC2(c3ccc(F)cc3)CC2)CC1. The summed E-state index contributed by atoms with van der Waals surface area (Å²) >= 11 is 0. The highest BCUT2D eigenvalue weighted by atomic mass is 19.1. The normalized spacial score (nSPS) is 20.0. The lowest BCUT2D eigenvalue weighted by Crippen LogP contribution is -2.48. The van der Waals surface area contributed by atoms with Gasteiger partial charge in [-0.1, -0.05) is 12.1 Å². The number of carbonyl (C=O) groups is 1. The van der Waals surface area contributed by atoms with E-state index in [1.165, 1.54) is 17.7 Å². The van der Waals surface area contributed by atoms with Crippen LogP contribution in [0.2, 0.25) is 0 Å². The van der Waals surface area contributed by atoms with Gasteiger partial charge in [-0.15, -0.1) is 0 Å². The van der Waals surface area contributed by atoms with Crippen LogP contribution in [0.5, 0.6) is 0 Å². The van der Waals surface area contributed by atoms with Crippen molar-refractivity contribution in [1.29, 1.82) is 0 Å². The molecule has 2 aliphatic rings. The van der Waals surface area contributed by atoms with Crippen LogP contribution in [0.1, 0.15) is 38.2 Å². The first-order valence-electron chi connectivity index (χ1n) is 9.46. The Morgan fingerprint density at radius 1 is 1.31 bits per heavy atom. The molecule has 1 N–H and O–H groups in total. The minimum absolute atomic E-state index is 0.00158. The number of benzene rings is 1. The van der Waals surface area contributed by atoms with E-state index in [0.29, 0.717) is 6.61 Å². The molecular formula is C20H28FN3O2. The fourth-order valence-electron chi connectivity index (χ4n) is 3.69. The zero-order valence-corrected chi connectivity index (χ0v) is 15.6. The number of aliphatic imine (C=N–C) groups is 1. The summed E-state index contributed by atoms with van der Waals surface area (Å²) in [5, 5.41) is 3.49. The third-order valence-corrected chi connectivity index (χ3v) is 5.52. The lowest BCUT2D eigenvalue weighted by molar-refractivity contribution is -0.149. The zero-order chi connectivity index (χ0) is 18.6. The van der Waals surface area contributed by atoms with E-state index in [0.717, 1.165) is 51.3 Å². The standard InChI is InChI=1S/C20H28FN3O2/c1-3-26-18(25)15-8-12-24(13-9-15)19(22-2)23-14-20(10-11-20)16-4-6-17(21)7-5-16/h4-7,15H,3,8-14H2,1-2H3,(H,22,23). The van der Waals surface area contributed by atoms with E-state index in [9.17, 15) is 9.18 Å². The van der Waals surface area contributed by atoms with E-state index >= 15 is 0 Å². The number of carbonyl (C=O) groups excluding carboxylic acids is 1. The summed E-state index contributed by atoms with van der Waals surface area (Å²) in [6, 6.07) is 6.84. The van der Waals surface area contributed by atoms with Crippen molar-refractivity contribution in [2.75, 3.05) is 33.3 Å². The van der Waals surface area contributed by atoms with Crippen molar-refractivity contribution in [3.8, 4) is 0 Å². The monoisotopic (exact) mass is 361 g/mol. The van der Waals surface area contributed by atoms with Crippen molar-refractivity contribution in [3.63, 3.8) is 0 Å². The Balaban J connectivity index is 1.53. The molecule has 26 heavy (non-hydrogen) atoms. The highest BCUT2D eigenvalue weighted by molar-refractivity contribution is 5.80. The van der Waals surface area contributed by atoms with Crippen molar-refractivity contribution in [3.05, 3.63) is 35.6 Å². The van der Waals surface area contributed by atoms with Gasteiger partial charge in [0.05, 0.1) is 12.5 Å². The van der Waals surface area contributed by atoms with Crippen LogP contribution in [0.4, 0.5) is 4.39 Å². The quantitative estimate of drug-likeness (QED) is 0.498. The van der Waals surface area contributed by atoms with Crippen LogP contribution in [0.15, 0.2) is 29.3 Å². The maximum atomic E-state index is 13.2. The predicted molar refractivity (Wildman–Crippen MR) is 99.6 cm³/mol. The van der Waals surface area contributed by atoms with Crippen LogP contribution in [0.25, 0.3) is 0 Å². The second-order valence-corrected chi connectivity index (χ2v) is 7.20. The number of hydrogen-bond acceptors (Lipinski definition) is 3. The molecule has 1 saturated carbocycles. The molecule has 0 aromatic heterocycles. The Hall–Kier alpha value is -2.11. The number of halogens is 1. The van der Waals surface area contributed by atoms with Crippen molar-refractivity contribution in [1.82, 2.24) is 10.2 Å². The molecule has 1 aliphatic carbocycles. The topological polar surface area (TPSA) is 53.9 Å². The molecule has 1 saturated heterocycles. The Morgan fingerprint density at radius 3 is 2.50 bits per heavy atom. The second kappa shape index (κ2) is 8.06. The van der Waals surface area contributed by atoms with Crippen LogP contribution in [-0.2, 0) is 14.9 Å². The van der Waals surface area contributed by atoms with E-state index < -0.39 is 0 Å². The van der Waals surface area contributed by atoms with Gasteiger partial charge >= 0.3 is 5.97 Å². The van der Waals surface area contributed by atoms with Crippen LogP contribution in [0.3, 0.4) is 0 Å². The summed E-state index contributed by atoms with van der Waals surface area (Å²) in [6.07, 6.45) is 3.80. The van der Waals surface area contributed by atoms with Gasteiger partial charge in [0.2, 0.25) is 0 Å². The molecule has 0 spiro atoms. The van der Waals surface area contributed by atoms with E-state index in [-0.39, 0.29) is 23.1 Å². The van der Waals surface area contributed by atoms with Gasteiger partial charge in [0.1, 0.15) is 5.82 Å². The molecule has 5 nitrogen and oxygen atoms in total. The summed E-state index contributed by atoms with van der Waals surface area (Å²) in [4.78, 5) is 18.5. The van der Waals surface area contributed by atoms with E-state index in [1.807, 2.05) is 19.1 Å². The lowest BCUT2D eigenvalue weighted by atomic mass is 9.95. The van der Waals surface area contributed by atoms with Crippen LogP contribution < -0.4 is 5.32 Å². The first-order chi connectivity index (χ1) is 12.6. The summed E-state index contributed by atoms with van der Waals surface area (Å²) in [5.41, 5.74) is 1.27. The number of rotatable bonds is 5. The van der Waals surface area contributed by atoms with E-state index in [2.05, 4.69) is 15.2 Å². The fraction of sp³-hybridized carbons (Fsp3) is 0.600. The molecule has 0 atom stereocenters. The average molecular weight is 361 g/mol. The van der Waals surface area contributed by atoms with Crippen LogP contribution >= 0.6 is 0 Å². The maximum Gasteiger partial charge on any atom is 0.309 e. The molecule has 1 aromatic carbocycles. The molecule has 1 aromatic rings. The molecule has 0 amide bonds. The van der Waals surface area contributed by atoms with Gasteiger partial charge in [-0.3, -0.25) is 9.79 Å². The average Bonchev–Trinajstić information content (AvgIpc) is 3.44. The number of likely N-dealkylation sites (tertiary alicyclic amines) is 1. The Morgan fingerprint density at radius 2 is 1.96 bits per heavy atom.